The number of aliphatic hydroxyl groups is 1. The van der Waals surface area contributed by atoms with Gasteiger partial charge in [0.25, 0.3) is 0 Å². The van der Waals surface area contributed by atoms with Crippen LogP contribution in [0.25, 0.3) is 10.9 Å². The van der Waals surface area contributed by atoms with Gasteiger partial charge in [0.05, 0.1) is 0 Å². The van der Waals surface area contributed by atoms with Crippen LogP contribution in [0.1, 0.15) is 13.3 Å². The summed E-state index contributed by atoms with van der Waals surface area (Å²) in [6.07, 6.45) is 2.86. The van der Waals surface area contributed by atoms with Crippen LogP contribution in [0.2, 0.25) is 0 Å². The van der Waals surface area contributed by atoms with E-state index in [0.717, 1.165) is 23.2 Å². The average Bonchev–Trinajstić information content (AvgIpc) is 2.72. The highest BCUT2D eigenvalue weighted by Gasteiger charge is 2.02. The molecule has 0 aliphatic carbocycles. The van der Waals surface area contributed by atoms with Crippen molar-refractivity contribution in [2.24, 2.45) is 0 Å². The third-order valence-corrected chi connectivity index (χ3v) is 3.01. The molecule has 4 heteroatoms. The molecule has 2 nitrogen and oxygen atoms in total. The number of hydrogen-bond acceptors (Lipinski definition) is 2. The second-order valence-electron chi connectivity index (χ2n) is 3.58. The zero-order valence-electron chi connectivity index (χ0n) is 9.93. The second kappa shape index (κ2) is 7.80. The highest BCUT2D eigenvalue weighted by Crippen LogP contribution is 2.24. The van der Waals surface area contributed by atoms with Crippen molar-refractivity contribution >= 4 is 39.5 Å². The summed E-state index contributed by atoms with van der Waals surface area (Å²) in [5, 5.41) is 10.00. The van der Waals surface area contributed by atoms with Crippen molar-refractivity contribution in [2.45, 2.75) is 19.9 Å². The minimum absolute atomic E-state index is 0.244. The van der Waals surface area contributed by atoms with Crippen molar-refractivity contribution < 1.29 is 5.11 Å². The predicted molar refractivity (Wildman–Crippen MR) is 80.9 cm³/mol. The zero-order valence-corrected chi connectivity index (χ0v) is 12.4. The molecule has 17 heavy (non-hydrogen) atoms. The van der Waals surface area contributed by atoms with E-state index in [1.165, 1.54) is 10.9 Å². The van der Waals surface area contributed by atoms with Crippen LogP contribution >= 0.6 is 28.6 Å². The quantitative estimate of drug-likeness (QED) is 0.829. The standard InChI is InChI=1S/C11H12BrNO.C2H6S/c12-10-3-1-4-11-9(10)5-7-13(11)6-2-8-14;1-2-3/h1,3-5,7,14H,2,6,8H2;3H,2H2,1H3. The van der Waals surface area contributed by atoms with Gasteiger partial charge in [-0.15, -0.1) is 0 Å². The first kappa shape index (κ1) is 14.6. The summed E-state index contributed by atoms with van der Waals surface area (Å²) >= 11 is 7.30. The predicted octanol–water partition coefficient (Wildman–Crippen LogP) is 3.72. The van der Waals surface area contributed by atoms with Gasteiger partial charge in [0.2, 0.25) is 0 Å². The first-order valence-corrected chi connectivity index (χ1v) is 7.12. The Balaban J connectivity index is 0.000000437. The number of fused-ring (bicyclic) bond motifs is 1. The van der Waals surface area contributed by atoms with E-state index in [4.69, 9.17) is 5.11 Å². The number of aliphatic hydroxyl groups excluding tert-OH is 1. The van der Waals surface area contributed by atoms with E-state index in [2.05, 4.69) is 51.5 Å². The number of aryl methyl sites for hydroxylation is 1. The fourth-order valence-electron chi connectivity index (χ4n) is 1.62. The van der Waals surface area contributed by atoms with E-state index in [-0.39, 0.29) is 6.61 Å². The molecule has 0 unspecified atom stereocenters. The largest absolute Gasteiger partial charge is 0.396 e. The van der Waals surface area contributed by atoms with Gasteiger partial charge in [-0.1, -0.05) is 28.9 Å². The van der Waals surface area contributed by atoms with Gasteiger partial charge < -0.3 is 9.67 Å². The van der Waals surface area contributed by atoms with E-state index < -0.39 is 0 Å². The molecule has 94 valence electrons. The normalized spacial score (nSPS) is 10.1. The number of halogens is 1. The lowest BCUT2D eigenvalue weighted by molar-refractivity contribution is 0.280. The molecule has 0 fully saturated rings. The van der Waals surface area contributed by atoms with Crippen LogP contribution in [-0.4, -0.2) is 22.0 Å². The number of hydrogen-bond donors (Lipinski definition) is 2. The Bertz CT molecular complexity index is 456. The summed E-state index contributed by atoms with van der Waals surface area (Å²) in [5.74, 6) is 0.944. The van der Waals surface area contributed by atoms with Gasteiger partial charge in [-0.3, -0.25) is 0 Å². The molecule has 1 N–H and O–H groups in total. The molecule has 2 aromatic rings. The Kier molecular flexibility index (Phi) is 6.70. The van der Waals surface area contributed by atoms with Crippen LogP contribution in [0, 0.1) is 0 Å². The third-order valence-electron chi connectivity index (χ3n) is 2.32. The lowest BCUT2D eigenvalue weighted by Gasteiger charge is -2.03. The van der Waals surface area contributed by atoms with Crippen molar-refractivity contribution in [1.82, 2.24) is 4.57 Å². The van der Waals surface area contributed by atoms with Crippen LogP contribution in [0.15, 0.2) is 34.9 Å². The number of thiol groups is 1. The van der Waals surface area contributed by atoms with Crippen LogP contribution in [-0.2, 0) is 6.54 Å². The maximum atomic E-state index is 8.77. The SMILES string of the molecule is CCS.OCCCn1ccc2c(Br)cccc21. The molecule has 1 aromatic carbocycles. The van der Waals surface area contributed by atoms with Crippen molar-refractivity contribution in [3.05, 3.63) is 34.9 Å². The first-order valence-electron chi connectivity index (χ1n) is 5.69. The molecule has 0 bridgehead atoms. The smallest absolute Gasteiger partial charge is 0.0491 e. The summed E-state index contributed by atoms with van der Waals surface area (Å²) in [6, 6.07) is 8.26. The lowest BCUT2D eigenvalue weighted by Crippen LogP contribution is -1.97. The van der Waals surface area contributed by atoms with Crippen molar-refractivity contribution in [1.29, 1.82) is 0 Å². The summed E-state index contributed by atoms with van der Waals surface area (Å²) in [6.45, 7) is 3.10. The average molecular weight is 316 g/mol. The Morgan fingerprint density at radius 2 is 2.06 bits per heavy atom. The molecule has 1 heterocycles. The number of benzene rings is 1. The minimum atomic E-state index is 0.244. The highest BCUT2D eigenvalue weighted by molar-refractivity contribution is 9.10. The van der Waals surface area contributed by atoms with E-state index in [0.29, 0.717) is 0 Å². The summed E-state index contributed by atoms with van der Waals surface area (Å²) in [4.78, 5) is 0. The fraction of sp³-hybridized carbons (Fsp3) is 0.385. The van der Waals surface area contributed by atoms with Crippen molar-refractivity contribution in [3.8, 4) is 0 Å². The molecule has 0 aliphatic rings. The molecule has 1 aromatic heterocycles. The molecule has 0 atom stereocenters. The maximum absolute atomic E-state index is 8.77. The maximum Gasteiger partial charge on any atom is 0.0491 e. The fourth-order valence-corrected chi connectivity index (χ4v) is 2.11. The number of aromatic nitrogens is 1. The van der Waals surface area contributed by atoms with E-state index in [1.807, 2.05) is 19.1 Å². The van der Waals surface area contributed by atoms with Crippen molar-refractivity contribution in [3.63, 3.8) is 0 Å². The number of nitrogens with zero attached hydrogens (tertiary/aromatic N) is 1. The van der Waals surface area contributed by atoms with Gasteiger partial charge in [0.15, 0.2) is 0 Å². The Morgan fingerprint density at radius 3 is 2.71 bits per heavy atom. The van der Waals surface area contributed by atoms with Gasteiger partial charge in [-0.25, -0.2) is 0 Å². The summed E-state index contributed by atoms with van der Waals surface area (Å²) in [7, 11) is 0. The van der Waals surface area contributed by atoms with Crippen LogP contribution in [0.3, 0.4) is 0 Å². The van der Waals surface area contributed by atoms with Crippen LogP contribution < -0.4 is 0 Å². The Morgan fingerprint density at radius 1 is 1.35 bits per heavy atom. The second-order valence-corrected chi connectivity index (χ2v) is 5.06. The molecule has 0 radical (unpaired) electrons. The van der Waals surface area contributed by atoms with E-state index in [1.54, 1.807) is 0 Å². The van der Waals surface area contributed by atoms with Gasteiger partial charge in [-0.2, -0.15) is 12.6 Å². The molecule has 0 amide bonds. The topological polar surface area (TPSA) is 25.2 Å². The zero-order chi connectivity index (χ0) is 12.7. The Labute approximate surface area is 116 Å². The van der Waals surface area contributed by atoms with Crippen LogP contribution in [0.5, 0.6) is 0 Å². The van der Waals surface area contributed by atoms with Gasteiger partial charge >= 0.3 is 0 Å². The van der Waals surface area contributed by atoms with E-state index in [9.17, 15) is 0 Å². The van der Waals surface area contributed by atoms with E-state index >= 15 is 0 Å². The highest BCUT2D eigenvalue weighted by atomic mass is 79.9. The molecule has 0 aliphatic heterocycles. The third kappa shape index (κ3) is 4.05. The molecular weight excluding hydrogens is 298 g/mol. The molecular formula is C13H18BrNOS. The van der Waals surface area contributed by atoms with Crippen LogP contribution in [0.4, 0.5) is 0 Å². The molecule has 2 rings (SSSR count). The summed E-state index contributed by atoms with van der Waals surface area (Å²) in [5.41, 5.74) is 1.22. The van der Waals surface area contributed by atoms with Gasteiger partial charge in [0, 0.05) is 34.7 Å². The minimum Gasteiger partial charge on any atom is -0.396 e. The first-order chi connectivity index (χ1) is 8.24. The molecule has 0 spiro atoms. The lowest BCUT2D eigenvalue weighted by atomic mass is 10.2. The van der Waals surface area contributed by atoms with Gasteiger partial charge in [-0.05, 0) is 30.4 Å². The monoisotopic (exact) mass is 315 g/mol. The summed E-state index contributed by atoms with van der Waals surface area (Å²) < 4.78 is 3.29. The van der Waals surface area contributed by atoms with Crippen molar-refractivity contribution in [2.75, 3.05) is 12.4 Å². The molecule has 0 saturated heterocycles. The Hall–Kier alpha value is -0.450. The molecule has 0 saturated carbocycles. The number of rotatable bonds is 3. The van der Waals surface area contributed by atoms with Gasteiger partial charge in [0.1, 0.15) is 0 Å².